The van der Waals surface area contributed by atoms with Gasteiger partial charge >= 0.3 is 0 Å². The minimum atomic E-state index is -0.229. The first-order valence-electron chi connectivity index (χ1n) is 7.29. The smallest absolute Gasteiger partial charge is 0.226 e. The molecule has 0 aliphatic carbocycles. The number of ether oxygens (including phenoxy) is 2. The lowest BCUT2D eigenvalue weighted by molar-refractivity contribution is -0.142. The number of aliphatic hydroxyl groups excluding tert-OH is 1. The molecule has 1 N–H and O–H groups in total. The molecule has 2 rings (SSSR count). The molecule has 0 saturated carbocycles. The molecule has 1 unspecified atom stereocenters. The predicted octanol–water partition coefficient (Wildman–Crippen LogP) is 1.29. The van der Waals surface area contributed by atoms with E-state index >= 15 is 0 Å². The minimum absolute atomic E-state index is 0.00160. The van der Waals surface area contributed by atoms with E-state index in [2.05, 4.69) is 6.07 Å². The van der Waals surface area contributed by atoms with E-state index in [1.807, 2.05) is 26.0 Å². The zero-order valence-corrected chi connectivity index (χ0v) is 12.7. The summed E-state index contributed by atoms with van der Waals surface area (Å²) in [5.41, 5.74) is 2.29. The molecule has 1 fully saturated rings. The Hall–Kier alpha value is -1.59. The van der Waals surface area contributed by atoms with Crippen molar-refractivity contribution in [3.8, 4) is 5.75 Å². The largest absolute Gasteiger partial charge is 0.493 e. The number of rotatable bonds is 5. The van der Waals surface area contributed by atoms with Crippen LogP contribution in [0.3, 0.4) is 0 Å². The molecule has 1 amide bonds. The molecule has 1 aliphatic heterocycles. The van der Waals surface area contributed by atoms with Gasteiger partial charge in [-0.25, -0.2) is 0 Å². The van der Waals surface area contributed by atoms with Crippen LogP contribution in [0.25, 0.3) is 0 Å². The van der Waals surface area contributed by atoms with Crippen LogP contribution in [0, 0.1) is 13.8 Å². The molecule has 0 bridgehead atoms. The van der Waals surface area contributed by atoms with Gasteiger partial charge in [0.05, 0.1) is 38.9 Å². The van der Waals surface area contributed by atoms with Gasteiger partial charge in [-0.2, -0.15) is 0 Å². The lowest BCUT2D eigenvalue weighted by Crippen LogP contribution is -2.50. The summed E-state index contributed by atoms with van der Waals surface area (Å²) in [4.78, 5) is 13.9. The normalized spacial score (nSPS) is 18.6. The lowest BCUT2D eigenvalue weighted by atomic mass is 10.1. The molecule has 1 atom stereocenters. The van der Waals surface area contributed by atoms with Crippen LogP contribution in [-0.2, 0) is 9.53 Å². The maximum atomic E-state index is 12.2. The molecule has 1 aromatic rings. The molecule has 0 aromatic heterocycles. The molecule has 1 aromatic carbocycles. The van der Waals surface area contributed by atoms with Crippen LogP contribution in [0.5, 0.6) is 5.75 Å². The van der Waals surface area contributed by atoms with Gasteiger partial charge in [-0.3, -0.25) is 4.79 Å². The van der Waals surface area contributed by atoms with Crippen LogP contribution in [-0.4, -0.2) is 54.9 Å². The van der Waals surface area contributed by atoms with Gasteiger partial charge in [0.25, 0.3) is 0 Å². The number of carbonyl (C=O) groups excluding carboxylic acids is 1. The molecular weight excluding hydrogens is 270 g/mol. The van der Waals surface area contributed by atoms with E-state index in [0.717, 1.165) is 16.9 Å². The number of amides is 1. The number of hydrogen-bond acceptors (Lipinski definition) is 4. The maximum Gasteiger partial charge on any atom is 0.226 e. The van der Waals surface area contributed by atoms with Crippen molar-refractivity contribution in [2.45, 2.75) is 26.3 Å². The minimum Gasteiger partial charge on any atom is -0.493 e. The molecule has 1 aliphatic rings. The van der Waals surface area contributed by atoms with Gasteiger partial charge in [-0.1, -0.05) is 6.07 Å². The highest BCUT2D eigenvalue weighted by Crippen LogP contribution is 2.16. The summed E-state index contributed by atoms with van der Waals surface area (Å²) in [5.74, 6) is 0.794. The topological polar surface area (TPSA) is 59.0 Å². The molecule has 116 valence electrons. The summed E-state index contributed by atoms with van der Waals surface area (Å²) in [7, 11) is 0. The Morgan fingerprint density at radius 1 is 1.38 bits per heavy atom. The average Bonchev–Trinajstić information content (AvgIpc) is 2.46. The van der Waals surface area contributed by atoms with Gasteiger partial charge in [0.1, 0.15) is 5.75 Å². The summed E-state index contributed by atoms with van der Waals surface area (Å²) < 4.78 is 10.9. The van der Waals surface area contributed by atoms with E-state index in [9.17, 15) is 9.90 Å². The Labute approximate surface area is 125 Å². The van der Waals surface area contributed by atoms with Crippen molar-refractivity contribution in [2.24, 2.45) is 0 Å². The summed E-state index contributed by atoms with van der Waals surface area (Å²) >= 11 is 0. The molecule has 5 nitrogen and oxygen atoms in total. The average molecular weight is 293 g/mol. The van der Waals surface area contributed by atoms with Crippen molar-refractivity contribution in [1.29, 1.82) is 0 Å². The Balaban J connectivity index is 1.83. The fraction of sp³-hybridized carbons (Fsp3) is 0.562. The Morgan fingerprint density at radius 3 is 2.76 bits per heavy atom. The van der Waals surface area contributed by atoms with Gasteiger partial charge in [-0.05, 0) is 37.1 Å². The summed E-state index contributed by atoms with van der Waals surface area (Å²) in [6.07, 6.45) is 0.309. The van der Waals surface area contributed by atoms with Gasteiger partial charge in [0, 0.05) is 6.54 Å². The third-order valence-corrected chi connectivity index (χ3v) is 3.54. The first-order chi connectivity index (χ1) is 10.1. The summed E-state index contributed by atoms with van der Waals surface area (Å²) in [6, 6.07) is 5.77. The van der Waals surface area contributed by atoms with Crippen LogP contribution in [0.15, 0.2) is 18.2 Å². The number of nitrogens with zero attached hydrogens (tertiary/aromatic N) is 1. The second-order valence-corrected chi connectivity index (χ2v) is 5.42. The van der Waals surface area contributed by atoms with Gasteiger partial charge in [0.15, 0.2) is 0 Å². The van der Waals surface area contributed by atoms with Gasteiger partial charge in [0.2, 0.25) is 5.91 Å². The van der Waals surface area contributed by atoms with Crippen molar-refractivity contribution >= 4 is 5.91 Å². The molecular formula is C16H23NO4. The summed E-state index contributed by atoms with van der Waals surface area (Å²) in [6.45, 7) is 5.78. The molecule has 0 spiro atoms. The third kappa shape index (κ3) is 4.44. The van der Waals surface area contributed by atoms with Gasteiger partial charge in [-0.15, -0.1) is 0 Å². The van der Waals surface area contributed by atoms with E-state index in [-0.39, 0.29) is 18.6 Å². The fourth-order valence-corrected chi connectivity index (χ4v) is 2.55. The SMILES string of the molecule is Cc1cc(C)cc(OCCC(=O)N2CCOCC2CO)c1. The number of morpholine rings is 1. The molecule has 1 saturated heterocycles. The van der Waals surface area contributed by atoms with Crippen LogP contribution >= 0.6 is 0 Å². The van der Waals surface area contributed by atoms with Crippen molar-refractivity contribution in [1.82, 2.24) is 4.90 Å². The predicted molar refractivity (Wildman–Crippen MR) is 79.4 cm³/mol. The molecule has 5 heteroatoms. The molecule has 21 heavy (non-hydrogen) atoms. The zero-order valence-electron chi connectivity index (χ0n) is 12.7. The van der Waals surface area contributed by atoms with Crippen LogP contribution in [0.1, 0.15) is 17.5 Å². The van der Waals surface area contributed by atoms with E-state index < -0.39 is 0 Å². The standard InChI is InChI=1S/C16H23NO4/c1-12-7-13(2)9-15(8-12)21-5-3-16(19)17-4-6-20-11-14(17)10-18/h7-9,14,18H,3-6,10-11H2,1-2H3. The second-order valence-electron chi connectivity index (χ2n) is 5.42. The first kappa shape index (κ1) is 15.8. The van der Waals surface area contributed by atoms with Crippen molar-refractivity contribution in [2.75, 3.05) is 33.0 Å². The Kier molecular flexibility index (Phi) is 5.59. The highest BCUT2D eigenvalue weighted by molar-refractivity contribution is 5.76. The fourth-order valence-electron chi connectivity index (χ4n) is 2.55. The van der Waals surface area contributed by atoms with E-state index in [1.165, 1.54) is 0 Å². The monoisotopic (exact) mass is 293 g/mol. The number of carbonyl (C=O) groups is 1. The van der Waals surface area contributed by atoms with Crippen LogP contribution in [0.2, 0.25) is 0 Å². The van der Waals surface area contributed by atoms with E-state index in [1.54, 1.807) is 4.90 Å². The second kappa shape index (κ2) is 7.43. The Morgan fingerprint density at radius 2 is 2.10 bits per heavy atom. The number of aliphatic hydroxyl groups is 1. The highest BCUT2D eigenvalue weighted by atomic mass is 16.5. The quantitative estimate of drug-likeness (QED) is 0.889. The summed E-state index contributed by atoms with van der Waals surface area (Å²) in [5, 5.41) is 9.27. The van der Waals surface area contributed by atoms with Gasteiger partial charge < -0.3 is 19.5 Å². The number of benzene rings is 1. The molecule has 0 radical (unpaired) electrons. The number of aryl methyl sites for hydroxylation is 2. The molecule has 1 heterocycles. The zero-order chi connectivity index (χ0) is 15.2. The van der Waals surface area contributed by atoms with Crippen molar-refractivity contribution in [3.05, 3.63) is 29.3 Å². The van der Waals surface area contributed by atoms with Crippen molar-refractivity contribution in [3.63, 3.8) is 0 Å². The van der Waals surface area contributed by atoms with Crippen LogP contribution < -0.4 is 4.74 Å². The maximum absolute atomic E-state index is 12.2. The number of hydrogen-bond donors (Lipinski definition) is 1. The third-order valence-electron chi connectivity index (χ3n) is 3.54. The Bertz CT molecular complexity index is 469. The lowest BCUT2D eigenvalue weighted by Gasteiger charge is -2.34. The van der Waals surface area contributed by atoms with E-state index in [0.29, 0.717) is 32.8 Å². The van der Waals surface area contributed by atoms with Crippen LogP contribution in [0.4, 0.5) is 0 Å². The van der Waals surface area contributed by atoms with Crippen molar-refractivity contribution < 1.29 is 19.4 Å². The first-order valence-corrected chi connectivity index (χ1v) is 7.29. The van der Waals surface area contributed by atoms with E-state index in [4.69, 9.17) is 9.47 Å². The highest BCUT2D eigenvalue weighted by Gasteiger charge is 2.26.